The van der Waals surface area contributed by atoms with Gasteiger partial charge in [0.25, 0.3) is 0 Å². The van der Waals surface area contributed by atoms with E-state index in [0.29, 0.717) is 37.9 Å². The van der Waals surface area contributed by atoms with Gasteiger partial charge in [0.2, 0.25) is 0 Å². The molecule has 3 fully saturated rings. The van der Waals surface area contributed by atoms with Crippen molar-refractivity contribution in [3.05, 3.63) is 60.2 Å². The highest BCUT2D eigenvalue weighted by molar-refractivity contribution is 5.39. The second kappa shape index (κ2) is 19.5. The molecule has 4 aliphatic rings. The Balaban J connectivity index is 1.12. The minimum absolute atomic E-state index is 0.0452. The van der Waals surface area contributed by atoms with Gasteiger partial charge in [-0.2, -0.15) is 0 Å². The summed E-state index contributed by atoms with van der Waals surface area (Å²) in [4.78, 5) is 0. The van der Waals surface area contributed by atoms with E-state index in [1.807, 2.05) is 54.6 Å². The third-order valence-electron chi connectivity index (χ3n) is 8.75. The molecule has 0 amide bonds. The first kappa shape index (κ1) is 38.2. The van der Waals surface area contributed by atoms with Gasteiger partial charge < -0.3 is 77.3 Å². The van der Waals surface area contributed by atoms with Crippen LogP contribution in [-0.4, -0.2) is 161 Å². The summed E-state index contributed by atoms with van der Waals surface area (Å²) in [5, 5.41) is 40.0. The van der Waals surface area contributed by atoms with E-state index in [0.717, 1.165) is 5.56 Å². The standard InChI is InChI=1S/C35H48O16/c36-20-25-27(37)28(38)29(39)34(49-25)46-18-19-47-35-32-31(30-26(50-35)21-48-33(51-30)22-6-2-1-3-7-22)44-16-12-40-10-14-42-23-8-4-5-9-24(23)43-15-11-41-13-17-45-32/h1-9,25-39H,10-21H2/t25-,26-,27+,28+,29-,30-,31+,32-,33?,34-,35+/m1/s1. The van der Waals surface area contributed by atoms with Crippen LogP contribution in [0.5, 0.6) is 11.5 Å². The van der Waals surface area contributed by atoms with Crippen LogP contribution in [0.15, 0.2) is 54.6 Å². The quantitative estimate of drug-likeness (QED) is 0.277. The number of fused-ring (bicyclic) bond motifs is 4. The maximum absolute atomic E-state index is 10.3. The van der Waals surface area contributed by atoms with E-state index in [-0.39, 0.29) is 46.2 Å². The van der Waals surface area contributed by atoms with Gasteiger partial charge in [-0.05, 0) is 12.1 Å². The minimum atomic E-state index is -1.56. The molecule has 16 heteroatoms. The summed E-state index contributed by atoms with van der Waals surface area (Å²) in [6, 6.07) is 17.0. The maximum atomic E-state index is 10.3. The molecule has 0 saturated carbocycles. The fourth-order valence-corrected chi connectivity index (χ4v) is 6.16. The SMILES string of the molecule is OC[C@H]1O[C@@H](OCCO[C@H]2O[C@@H]3COC(c4ccccc4)O[C@H]3[C@@H]3OCCOCCOc4ccccc4OCCOCCO[C@@H]23)[C@H](O)[C@@H](O)[C@H]1O. The van der Waals surface area contributed by atoms with Crippen LogP contribution in [-0.2, 0) is 47.4 Å². The van der Waals surface area contributed by atoms with E-state index in [2.05, 4.69) is 0 Å². The van der Waals surface area contributed by atoms with Crippen molar-refractivity contribution in [2.24, 2.45) is 0 Å². The van der Waals surface area contributed by atoms with E-state index >= 15 is 0 Å². The minimum Gasteiger partial charge on any atom is -0.487 e. The smallest absolute Gasteiger partial charge is 0.187 e. The van der Waals surface area contributed by atoms with Gasteiger partial charge >= 0.3 is 0 Å². The van der Waals surface area contributed by atoms with E-state index < -0.39 is 74.3 Å². The molecule has 0 spiro atoms. The summed E-state index contributed by atoms with van der Waals surface area (Å²) in [6.45, 7) is 1.60. The first-order valence-electron chi connectivity index (χ1n) is 17.3. The molecule has 51 heavy (non-hydrogen) atoms. The van der Waals surface area contributed by atoms with Gasteiger partial charge in [-0.25, -0.2) is 0 Å². The molecule has 6 rings (SSSR count). The Hall–Kier alpha value is -2.52. The predicted molar refractivity (Wildman–Crippen MR) is 173 cm³/mol. The summed E-state index contributed by atoms with van der Waals surface area (Å²) in [5.41, 5.74) is 0.845. The van der Waals surface area contributed by atoms with Crippen molar-refractivity contribution in [1.82, 2.24) is 0 Å². The third kappa shape index (κ3) is 10.1. The van der Waals surface area contributed by atoms with Gasteiger partial charge in [0, 0.05) is 5.56 Å². The van der Waals surface area contributed by atoms with Crippen LogP contribution in [0.1, 0.15) is 11.9 Å². The number of rotatable bonds is 7. The average molecular weight is 725 g/mol. The van der Waals surface area contributed by atoms with Crippen molar-refractivity contribution in [2.75, 3.05) is 79.3 Å². The summed E-state index contributed by atoms with van der Waals surface area (Å²) >= 11 is 0. The van der Waals surface area contributed by atoms with Gasteiger partial charge in [0.1, 0.15) is 62.0 Å². The summed E-state index contributed by atoms with van der Waals surface area (Å²) in [5.74, 6) is 1.23. The first-order chi connectivity index (χ1) is 25.0. The molecule has 16 nitrogen and oxygen atoms in total. The molecular formula is C35H48O16. The van der Waals surface area contributed by atoms with Gasteiger partial charge in [0.15, 0.2) is 30.4 Å². The molecule has 0 aromatic heterocycles. The molecule has 284 valence electrons. The molecule has 0 aliphatic carbocycles. The largest absolute Gasteiger partial charge is 0.487 e. The molecule has 2 aromatic carbocycles. The second-order valence-electron chi connectivity index (χ2n) is 12.2. The lowest BCUT2D eigenvalue weighted by molar-refractivity contribution is -0.372. The summed E-state index contributed by atoms with van der Waals surface area (Å²) < 4.78 is 72.3. The molecule has 11 atom stereocenters. The lowest BCUT2D eigenvalue weighted by Crippen LogP contribution is -2.64. The van der Waals surface area contributed by atoms with E-state index in [1.54, 1.807) is 0 Å². The maximum Gasteiger partial charge on any atom is 0.187 e. The number of aliphatic hydroxyl groups is 4. The molecule has 1 unspecified atom stereocenters. The lowest BCUT2D eigenvalue weighted by atomic mass is 9.97. The van der Waals surface area contributed by atoms with Gasteiger partial charge in [0.05, 0.1) is 66.1 Å². The third-order valence-corrected chi connectivity index (χ3v) is 8.75. The highest BCUT2D eigenvalue weighted by Gasteiger charge is 2.52. The number of hydrogen-bond donors (Lipinski definition) is 4. The average Bonchev–Trinajstić information content (AvgIpc) is 3.16. The van der Waals surface area contributed by atoms with Crippen molar-refractivity contribution in [3.63, 3.8) is 0 Å². The van der Waals surface area contributed by atoms with Crippen molar-refractivity contribution < 1.29 is 77.3 Å². The van der Waals surface area contributed by atoms with Crippen molar-refractivity contribution >= 4 is 0 Å². The molecule has 2 aromatic rings. The lowest BCUT2D eigenvalue weighted by Gasteiger charge is -2.49. The van der Waals surface area contributed by atoms with E-state index in [1.165, 1.54) is 0 Å². The Morgan fingerprint density at radius 2 is 1.18 bits per heavy atom. The molecular weight excluding hydrogens is 676 g/mol. The zero-order valence-corrected chi connectivity index (χ0v) is 28.2. The van der Waals surface area contributed by atoms with E-state index in [9.17, 15) is 20.4 Å². The fourth-order valence-electron chi connectivity index (χ4n) is 6.16. The molecule has 4 heterocycles. The fraction of sp³-hybridized carbons (Fsp3) is 0.657. The highest BCUT2D eigenvalue weighted by Crippen LogP contribution is 2.37. The Morgan fingerprint density at radius 1 is 0.569 bits per heavy atom. The number of benzene rings is 2. The molecule has 3 saturated heterocycles. The zero-order chi connectivity index (χ0) is 35.4. The number of ether oxygens (including phenoxy) is 12. The molecule has 0 radical (unpaired) electrons. The predicted octanol–water partition coefficient (Wildman–Crippen LogP) is -0.0664. The van der Waals surface area contributed by atoms with Crippen LogP contribution in [0.2, 0.25) is 0 Å². The van der Waals surface area contributed by atoms with Crippen LogP contribution < -0.4 is 9.47 Å². The molecule has 4 aliphatic heterocycles. The van der Waals surface area contributed by atoms with Crippen molar-refractivity contribution in [2.45, 2.75) is 67.7 Å². The van der Waals surface area contributed by atoms with Crippen LogP contribution in [0, 0.1) is 0 Å². The monoisotopic (exact) mass is 724 g/mol. The van der Waals surface area contributed by atoms with Crippen LogP contribution in [0.4, 0.5) is 0 Å². The van der Waals surface area contributed by atoms with Crippen molar-refractivity contribution in [3.8, 4) is 11.5 Å². The number of para-hydroxylation sites is 2. The molecule has 4 N–H and O–H groups in total. The van der Waals surface area contributed by atoms with Crippen LogP contribution in [0.3, 0.4) is 0 Å². The second-order valence-corrected chi connectivity index (χ2v) is 12.2. The Kier molecular flexibility index (Phi) is 14.6. The van der Waals surface area contributed by atoms with Gasteiger partial charge in [-0.1, -0.05) is 42.5 Å². The van der Waals surface area contributed by atoms with Gasteiger partial charge in [-0.15, -0.1) is 0 Å². The Bertz CT molecular complexity index is 1290. The Morgan fingerprint density at radius 3 is 1.84 bits per heavy atom. The topological polar surface area (TPSA) is 192 Å². The number of hydrogen-bond acceptors (Lipinski definition) is 16. The van der Waals surface area contributed by atoms with Crippen LogP contribution in [0.25, 0.3) is 0 Å². The zero-order valence-electron chi connectivity index (χ0n) is 28.2. The summed E-state index contributed by atoms with van der Waals surface area (Å²) in [7, 11) is 0. The first-order valence-corrected chi connectivity index (χ1v) is 17.3. The van der Waals surface area contributed by atoms with Crippen LogP contribution >= 0.6 is 0 Å². The summed E-state index contributed by atoms with van der Waals surface area (Å²) in [6.07, 6.45) is -11.3. The molecule has 0 bridgehead atoms. The number of aliphatic hydroxyl groups excluding tert-OH is 4. The normalized spacial score (nSPS) is 35.8. The van der Waals surface area contributed by atoms with Crippen molar-refractivity contribution in [1.29, 1.82) is 0 Å². The highest BCUT2D eigenvalue weighted by atomic mass is 16.8. The Labute approximate surface area is 295 Å². The van der Waals surface area contributed by atoms with Gasteiger partial charge in [-0.3, -0.25) is 0 Å². The van der Waals surface area contributed by atoms with E-state index in [4.69, 9.17) is 56.8 Å².